The molecule has 10 heavy (non-hydrogen) atoms. The van der Waals surface area contributed by atoms with Crippen LogP contribution >= 0.6 is 0 Å². The number of hydrogen-bond acceptors (Lipinski definition) is 1. The van der Waals surface area contributed by atoms with Crippen molar-refractivity contribution in [3.8, 4) is 0 Å². The summed E-state index contributed by atoms with van der Waals surface area (Å²) in [5, 5.41) is 0. The Balaban J connectivity index is 0. The minimum atomic E-state index is -0.119. The number of hydrogen-bond donors (Lipinski definition) is 1. The molecule has 1 saturated carbocycles. The number of carbonyl (C=O) groups excluding carboxylic acids is 1. The highest BCUT2D eigenvalue weighted by atomic mass is 16.1. The van der Waals surface area contributed by atoms with E-state index in [4.69, 9.17) is 5.73 Å². The Morgan fingerprint density at radius 1 is 1.60 bits per heavy atom. The first kappa shape index (κ1) is 9.47. The maximum Gasteiger partial charge on any atom is 0.220 e. The zero-order chi connectivity index (χ0) is 7.98. The van der Waals surface area contributed by atoms with Crippen LogP contribution < -0.4 is 5.73 Å². The molecular weight excluding hydrogens is 126 g/mol. The summed E-state index contributed by atoms with van der Waals surface area (Å²) in [6.45, 7) is 4.25. The van der Waals surface area contributed by atoms with Crippen molar-refractivity contribution in [2.75, 3.05) is 0 Å². The largest absolute Gasteiger partial charge is 0.369 e. The summed E-state index contributed by atoms with van der Waals surface area (Å²) in [6, 6.07) is 0. The molecular formula is C8H19NO. The molecule has 2 N–H and O–H groups in total. The van der Waals surface area contributed by atoms with Gasteiger partial charge in [0.25, 0.3) is 0 Å². The maximum absolute atomic E-state index is 10.2. The summed E-state index contributed by atoms with van der Waals surface area (Å²) >= 11 is 0. The number of rotatable bonds is 1. The van der Waals surface area contributed by atoms with Crippen LogP contribution in [0, 0.1) is 5.92 Å². The average Bonchev–Trinajstić information content (AvgIpc) is 1.59. The summed E-state index contributed by atoms with van der Waals surface area (Å²) in [5.74, 6) is 0.103. The fraction of sp³-hybridized carbons (Fsp3) is 0.875. The van der Waals surface area contributed by atoms with Gasteiger partial charge in [-0.05, 0) is 12.8 Å². The lowest BCUT2D eigenvalue weighted by Gasteiger charge is -2.20. The average molecular weight is 145 g/mol. The van der Waals surface area contributed by atoms with Crippen LogP contribution in [0.2, 0.25) is 0 Å². The SMILES string of the molecule is CCC.NC(=O)C1CCC1.[HH]. The van der Waals surface area contributed by atoms with Gasteiger partial charge in [-0.3, -0.25) is 4.79 Å². The van der Waals surface area contributed by atoms with E-state index in [1.54, 1.807) is 0 Å². The summed E-state index contributed by atoms with van der Waals surface area (Å²) < 4.78 is 0. The van der Waals surface area contributed by atoms with Crippen molar-refractivity contribution in [3.63, 3.8) is 0 Å². The molecule has 0 aromatic carbocycles. The van der Waals surface area contributed by atoms with E-state index in [0.29, 0.717) is 0 Å². The van der Waals surface area contributed by atoms with Gasteiger partial charge in [0, 0.05) is 7.34 Å². The quantitative estimate of drug-likeness (QED) is 0.602. The Labute approximate surface area is 64.3 Å². The molecule has 1 fully saturated rings. The lowest BCUT2D eigenvalue weighted by atomic mass is 9.85. The molecule has 0 heterocycles. The van der Waals surface area contributed by atoms with E-state index in [1.807, 2.05) is 0 Å². The lowest BCUT2D eigenvalue weighted by molar-refractivity contribution is -0.124. The third-order valence-electron chi connectivity index (χ3n) is 1.51. The van der Waals surface area contributed by atoms with Gasteiger partial charge in [0.05, 0.1) is 0 Å². The second-order valence-corrected chi connectivity index (χ2v) is 2.74. The van der Waals surface area contributed by atoms with E-state index in [0.717, 1.165) is 12.8 Å². The monoisotopic (exact) mass is 145 g/mol. The molecule has 0 spiro atoms. The molecule has 0 aromatic heterocycles. The number of carbonyl (C=O) groups is 1. The molecule has 0 atom stereocenters. The van der Waals surface area contributed by atoms with E-state index in [9.17, 15) is 4.79 Å². The van der Waals surface area contributed by atoms with Crippen LogP contribution in [0.25, 0.3) is 0 Å². The first-order valence-electron chi connectivity index (χ1n) is 4.01. The third kappa shape index (κ3) is 3.49. The molecule has 1 aliphatic rings. The van der Waals surface area contributed by atoms with Crippen molar-refractivity contribution < 1.29 is 6.22 Å². The fourth-order valence-corrected chi connectivity index (χ4v) is 0.693. The van der Waals surface area contributed by atoms with E-state index < -0.39 is 0 Å². The molecule has 0 bridgehead atoms. The molecule has 0 saturated heterocycles. The fourth-order valence-electron chi connectivity index (χ4n) is 0.693. The molecule has 1 rings (SSSR count). The highest BCUT2D eigenvalue weighted by molar-refractivity contribution is 5.77. The minimum Gasteiger partial charge on any atom is -0.369 e. The Kier molecular flexibility index (Phi) is 4.99. The van der Waals surface area contributed by atoms with Crippen molar-refractivity contribution in [1.82, 2.24) is 0 Å². The summed E-state index contributed by atoms with van der Waals surface area (Å²) in [7, 11) is 0. The molecule has 0 radical (unpaired) electrons. The van der Waals surface area contributed by atoms with Gasteiger partial charge in [0.15, 0.2) is 0 Å². The van der Waals surface area contributed by atoms with Crippen molar-refractivity contribution in [1.29, 1.82) is 0 Å². The van der Waals surface area contributed by atoms with E-state index in [2.05, 4.69) is 13.8 Å². The third-order valence-corrected chi connectivity index (χ3v) is 1.51. The Hall–Kier alpha value is -0.530. The summed E-state index contributed by atoms with van der Waals surface area (Å²) in [5.41, 5.74) is 4.96. The number of amides is 1. The van der Waals surface area contributed by atoms with E-state index in [-0.39, 0.29) is 13.3 Å². The molecule has 2 heteroatoms. The van der Waals surface area contributed by atoms with Crippen LogP contribution in [0.3, 0.4) is 0 Å². The van der Waals surface area contributed by atoms with E-state index >= 15 is 0 Å². The second-order valence-electron chi connectivity index (χ2n) is 2.74. The predicted octanol–water partition coefficient (Wildman–Crippen LogP) is 1.93. The zero-order valence-electron chi connectivity index (χ0n) is 6.89. The van der Waals surface area contributed by atoms with Crippen LogP contribution in [0.15, 0.2) is 0 Å². The zero-order valence-corrected chi connectivity index (χ0v) is 6.89. The van der Waals surface area contributed by atoms with Gasteiger partial charge in [-0.25, -0.2) is 0 Å². The molecule has 0 aliphatic heterocycles. The Morgan fingerprint density at radius 2 is 2.00 bits per heavy atom. The van der Waals surface area contributed by atoms with Crippen LogP contribution in [-0.4, -0.2) is 5.91 Å². The second kappa shape index (κ2) is 5.27. The minimum absolute atomic E-state index is 0. The van der Waals surface area contributed by atoms with Crippen LogP contribution in [0.4, 0.5) is 0 Å². The van der Waals surface area contributed by atoms with Crippen LogP contribution in [0.1, 0.15) is 41.0 Å². The van der Waals surface area contributed by atoms with Gasteiger partial charge in [-0.2, -0.15) is 0 Å². The lowest BCUT2D eigenvalue weighted by Crippen LogP contribution is -2.28. The molecule has 0 aromatic rings. The topological polar surface area (TPSA) is 43.1 Å². The molecule has 0 unspecified atom stereocenters. The Morgan fingerprint density at radius 3 is 2.00 bits per heavy atom. The smallest absolute Gasteiger partial charge is 0.220 e. The van der Waals surface area contributed by atoms with Gasteiger partial charge in [-0.1, -0.05) is 26.7 Å². The van der Waals surface area contributed by atoms with Gasteiger partial charge in [0.1, 0.15) is 0 Å². The molecule has 1 amide bonds. The summed E-state index contributed by atoms with van der Waals surface area (Å²) in [4.78, 5) is 10.2. The highest BCUT2D eigenvalue weighted by Gasteiger charge is 2.21. The van der Waals surface area contributed by atoms with Gasteiger partial charge in [-0.15, -0.1) is 0 Å². The van der Waals surface area contributed by atoms with Gasteiger partial charge in [0.2, 0.25) is 5.91 Å². The van der Waals surface area contributed by atoms with Crippen molar-refractivity contribution in [2.24, 2.45) is 11.7 Å². The van der Waals surface area contributed by atoms with Crippen molar-refractivity contribution in [3.05, 3.63) is 0 Å². The first-order chi connectivity index (χ1) is 4.72. The van der Waals surface area contributed by atoms with E-state index in [1.165, 1.54) is 12.8 Å². The van der Waals surface area contributed by atoms with Gasteiger partial charge < -0.3 is 5.73 Å². The van der Waals surface area contributed by atoms with Crippen molar-refractivity contribution >= 4 is 5.91 Å². The highest BCUT2D eigenvalue weighted by Crippen LogP contribution is 2.25. The normalized spacial score (nSPS) is 16.6. The number of nitrogens with two attached hydrogens (primary N) is 1. The maximum atomic E-state index is 10.2. The van der Waals surface area contributed by atoms with Crippen LogP contribution in [-0.2, 0) is 4.79 Å². The number of primary amides is 1. The molecule has 1 aliphatic carbocycles. The predicted molar refractivity (Wildman–Crippen MR) is 44.6 cm³/mol. The summed E-state index contributed by atoms with van der Waals surface area (Å²) in [6.07, 6.45) is 4.48. The standard InChI is InChI=1S/C5H9NO.C3H8.H2/c6-5(7)4-2-1-3-4;1-3-2;/h4H,1-3H2,(H2,6,7);3H2,1-2H3;1H. The van der Waals surface area contributed by atoms with Crippen LogP contribution in [0.5, 0.6) is 0 Å². The van der Waals surface area contributed by atoms with Gasteiger partial charge >= 0.3 is 0 Å². The molecule has 2 nitrogen and oxygen atoms in total. The first-order valence-corrected chi connectivity index (χ1v) is 4.01. The molecule has 62 valence electrons. The van der Waals surface area contributed by atoms with Crippen molar-refractivity contribution in [2.45, 2.75) is 39.5 Å². The Bertz CT molecular complexity index is 102.